The lowest BCUT2D eigenvalue weighted by Gasteiger charge is -2.36. The summed E-state index contributed by atoms with van der Waals surface area (Å²) in [6.45, 7) is 0.533. The molecule has 0 aliphatic carbocycles. The number of H-pyrrole nitrogens is 1. The van der Waals surface area contributed by atoms with Crippen LogP contribution in [0.4, 0.5) is 0 Å². The summed E-state index contributed by atoms with van der Waals surface area (Å²) in [7, 11) is -5.19. The second kappa shape index (κ2) is 10.9. The van der Waals surface area contributed by atoms with E-state index in [0.717, 1.165) is 27.8 Å². The zero-order valence-corrected chi connectivity index (χ0v) is 25.0. The first-order valence-electron chi connectivity index (χ1n) is 14.3. The number of rotatable bonds is 7. The molecule has 6 heterocycles. The number of cyclic esters (lactones) is 1. The minimum atomic E-state index is -5.19. The van der Waals surface area contributed by atoms with Gasteiger partial charge in [-0.05, 0) is 24.6 Å². The van der Waals surface area contributed by atoms with Crippen molar-refractivity contribution in [3.63, 3.8) is 0 Å². The van der Waals surface area contributed by atoms with Crippen LogP contribution in [0.1, 0.15) is 36.3 Å². The third-order valence-electron chi connectivity index (χ3n) is 8.52. The van der Waals surface area contributed by atoms with Crippen LogP contribution in [0, 0.1) is 0 Å². The summed E-state index contributed by atoms with van der Waals surface area (Å²) in [5, 5.41) is 21.9. The number of ether oxygens (including phenoxy) is 2. The minimum Gasteiger partial charge on any atom is -0.458 e. The number of carbonyl (C=O) groups excluding carboxylic acids is 1. The third-order valence-corrected chi connectivity index (χ3v) is 9.54. The van der Waals surface area contributed by atoms with Crippen LogP contribution in [0.25, 0.3) is 22.3 Å². The number of hydrogen-bond acceptors (Lipinski definition) is 12. The number of phosphoric acid groups is 1. The lowest BCUT2D eigenvalue weighted by atomic mass is 9.86. The standard InChI is InChI=1S/C29H27N4O12P/c1-2-29(45-46(40,41)43-13-20-23(35)24(36)26(44-20)32-8-7-21(34)31-28(32)39)17-10-19-22-15(9-14-5-3-4-6-18(14)30-22)11-33(19)25(37)16(17)12-42-27(29)38/h3-10,20,23-24,26,35-36H,2,11-13H2,1H3,(H,40,41)(H,31,34,39)/t20-,23-,24-,26-,29+/m1/s1. The first-order valence-corrected chi connectivity index (χ1v) is 15.8. The van der Waals surface area contributed by atoms with E-state index in [2.05, 4.69) is 0 Å². The SMILES string of the molecule is CC[C@@]1(OP(=O)(O)OC[C@H]2O[C@@H](n3ccc(=O)[nH]c3=O)[C@H](O)[C@@H]2O)C(=O)OCc2c1cc1n(c2=O)Cc2cc3ccccc3nc2-1. The van der Waals surface area contributed by atoms with Crippen LogP contribution in [-0.2, 0) is 46.6 Å². The van der Waals surface area contributed by atoms with Gasteiger partial charge >= 0.3 is 19.5 Å². The molecule has 4 N–H and O–H groups in total. The number of aliphatic hydroxyl groups is 2. The van der Waals surface area contributed by atoms with Crippen molar-refractivity contribution in [2.24, 2.45) is 0 Å². The number of fused-ring (bicyclic) bond motifs is 5. The Morgan fingerprint density at radius 3 is 2.67 bits per heavy atom. The van der Waals surface area contributed by atoms with E-state index in [1.54, 1.807) is 6.07 Å². The van der Waals surface area contributed by atoms with Gasteiger partial charge in [0.15, 0.2) is 6.23 Å². The second-order valence-corrected chi connectivity index (χ2v) is 12.6. The van der Waals surface area contributed by atoms with Crippen LogP contribution in [0.15, 0.2) is 63.0 Å². The van der Waals surface area contributed by atoms with E-state index >= 15 is 0 Å². The van der Waals surface area contributed by atoms with E-state index in [4.69, 9.17) is 23.5 Å². The zero-order valence-electron chi connectivity index (χ0n) is 24.1. The van der Waals surface area contributed by atoms with Crippen molar-refractivity contribution in [2.45, 2.75) is 56.6 Å². The molecular formula is C29H27N4O12P. The molecule has 1 saturated heterocycles. The molecule has 0 radical (unpaired) electrons. The highest BCUT2D eigenvalue weighted by atomic mass is 31.2. The van der Waals surface area contributed by atoms with Crippen LogP contribution >= 0.6 is 7.82 Å². The Kier molecular flexibility index (Phi) is 7.21. The summed E-state index contributed by atoms with van der Waals surface area (Å²) >= 11 is 0. The van der Waals surface area contributed by atoms with Gasteiger partial charge in [-0.1, -0.05) is 25.1 Å². The molecule has 240 valence electrons. The number of nitrogens with one attached hydrogen (secondary N) is 1. The quantitative estimate of drug-likeness (QED) is 0.138. The van der Waals surface area contributed by atoms with Crippen LogP contribution in [0.2, 0.25) is 0 Å². The molecule has 0 bridgehead atoms. The molecule has 0 saturated carbocycles. The van der Waals surface area contributed by atoms with Crippen molar-refractivity contribution >= 4 is 24.7 Å². The van der Waals surface area contributed by atoms with E-state index in [1.807, 2.05) is 35.3 Å². The summed E-state index contributed by atoms with van der Waals surface area (Å²) in [6, 6.07) is 11.9. The maximum absolute atomic E-state index is 13.7. The third kappa shape index (κ3) is 4.77. The Morgan fingerprint density at radius 1 is 1.13 bits per heavy atom. The smallest absolute Gasteiger partial charge is 0.458 e. The van der Waals surface area contributed by atoms with Crippen molar-refractivity contribution in [1.29, 1.82) is 0 Å². The van der Waals surface area contributed by atoms with Crippen LogP contribution in [0.5, 0.6) is 0 Å². The van der Waals surface area contributed by atoms with Crippen molar-refractivity contribution < 1.29 is 43.0 Å². The Labute approximate surface area is 258 Å². The topological polar surface area (TPSA) is 221 Å². The van der Waals surface area contributed by atoms with Gasteiger partial charge in [-0.2, -0.15) is 0 Å². The number of hydrogen-bond donors (Lipinski definition) is 4. The van der Waals surface area contributed by atoms with E-state index in [1.165, 1.54) is 11.5 Å². The average molecular weight is 655 g/mol. The monoisotopic (exact) mass is 654 g/mol. The fourth-order valence-electron chi connectivity index (χ4n) is 6.18. The molecule has 0 spiro atoms. The summed E-state index contributed by atoms with van der Waals surface area (Å²) in [4.78, 5) is 68.2. The highest BCUT2D eigenvalue weighted by Gasteiger charge is 2.53. The van der Waals surface area contributed by atoms with Crippen molar-refractivity contribution in [1.82, 2.24) is 19.1 Å². The van der Waals surface area contributed by atoms with Gasteiger partial charge in [0.2, 0.25) is 5.60 Å². The highest BCUT2D eigenvalue weighted by Crippen LogP contribution is 2.54. The number of benzene rings is 1. The number of para-hydroxylation sites is 1. The first-order chi connectivity index (χ1) is 21.9. The first kappa shape index (κ1) is 30.4. The Bertz CT molecular complexity index is 2140. The van der Waals surface area contributed by atoms with E-state index in [-0.39, 0.29) is 30.7 Å². The zero-order chi connectivity index (χ0) is 32.5. The predicted molar refractivity (Wildman–Crippen MR) is 156 cm³/mol. The molecule has 0 amide bonds. The molecule has 3 aliphatic rings. The van der Waals surface area contributed by atoms with Crippen LogP contribution < -0.4 is 16.8 Å². The molecule has 3 aromatic heterocycles. The lowest BCUT2D eigenvalue weighted by molar-refractivity contribution is -0.171. The molecule has 6 atom stereocenters. The summed E-state index contributed by atoms with van der Waals surface area (Å²) in [5.74, 6) is -1.01. The molecule has 1 aromatic carbocycles. The summed E-state index contributed by atoms with van der Waals surface area (Å²) < 4.78 is 37.2. The van der Waals surface area contributed by atoms with E-state index in [0.29, 0.717) is 16.9 Å². The molecule has 17 heteroatoms. The number of nitrogens with zero attached hydrogens (tertiary/aromatic N) is 3. The maximum atomic E-state index is 13.7. The fraction of sp³-hybridized carbons (Fsp3) is 0.345. The number of aromatic amines is 1. The molecule has 46 heavy (non-hydrogen) atoms. The summed E-state index contributed by atoms with van der Waals surface area (Å²) in [5.41, 5.74) is -1.82. The Hall–Kier alpha value is -4.28. The molecular weight excluding hydrogens is 627 g/mol. The highest BCUT2D eigenvalue weighted by molar-refractivity contribution is 7.47. The van der Waals surface area contributed by atoms with E-state index < -0.39 is 67.3 Å². The van der Waals surface area contributed by atoms with Gasteiger partial charge in [0, 0.05) is 28.8 Å². The molecule has 1 fully saturated rings. The number of esters is 1. The molecule has 1 unspecified atom stereocenters. The Morgan fingerprint density at radius 2 is 1.91 bits per heavy atom. The van der Waals surface area contributed by atoms with Gasteiger partial charge in [-0.3, -0.25) is 28.2 Å². The largest absolute Gasteiger partial charge is 0.473 e. The number of phosphoric ester groups is 1. The molecule has 3 aliphatic heterocycles. The summed E-state index contributed by atoms with van der Waals surface area (Å²) in [6.07, 6.45) is -5.43. The number of aromatic nitrogens is 4. The fourth-order valence-corrected chi connectivity index (χ4v) is 7.26. The van der Waals surface area contributed by atoms with Crippen molar-refractivity contribution in [3.05, 3.63) is 96.5 Å². The predicted octanol–water partition coefficient (Wildman–Crippen LogP) is 0.390. The van der Waals surface area contributed by atoms with Crippen molar-refractivity contribution in [2.75, 3.05) is 6.61 Å². The van der Waals surface area contributed by atoms with Crippen LogP contribution in [0.3, 0.4) is 0 Å². The Balaban J connectivity index is 1.18. The van der Waals surface area contributed by atoms with E-state index in [9.17, 15) is 38.8 Å². The molecule has 7 rings (SSSR count). The van der Waals surface area contributed by atoms with Gasteiger partial charge in [0.25, 0.3) is 11.1 Å². The maximum Gasteiger partial charge on any atom is 0.473 e. The average Bonchev–Trinajstić information content (AvgIpc) is 3.52. The van der Waals surface area contributed by atoms with Crippen LogP contribution in [-0.4, -0.2) is 65.1 Å². The number of carbonyl (C=O) groups is 1. The normalized spacial score (nSPS) is 26.3. The second-order valence-electron chi connectivity index (χ2n) is 11.2. The molecule has 4 aromatic rings. The number of aliphatic hydroxyl groups excluding tert-OH is 2. The van der Waals surface area contributed by atoms with Gasteiger partial charge in [0.05, 0.1) is 35.6 Å². The number of pyridine rings is 2. The van der Waals surface area contributed by atoms with Gasteiger partial charge in [-0.25, -0.2) is 19.1 Å². The molecule has 16 nitrogen and oxygen atoms in total. The minimum absolute atomic E-state index is 0.0354. The van der Waals surface area contributed by atoms with Gasteiger partial charge in [-0.15, -0.1) is 0 Å². The van der Waals surface area contributed by atoms with Crippen molar-refractivity contribution in [3.8, 4) is 11.4 Å². The van der Waals surface area contributed by atoms with Gasteiger partial charge in [0.1, 0.15) is 24.9 Å². The lowest BCUT2D eigenvalue weighted by Crippen LogP contribution is -2.46. The van der Waals surface area contributed by atoms with Gasteiger partial charge < -0.3 is 29.1 Å².